The number of rotatable bonds is 2. The Labute approximate surface area is 160 Å². The first-order valence-electron chi connectivity index (χ1n) is 8.09. The van der Waals surface area contributed by atoms with Gasteiger partial charge in [-0.15, -0.1) is 12.4 Å². The van der Waals surface area contributed by atoms with Gasteiger partial charge in [0.15, 0.2) is 6.61 Å². The summed E-state index contributed by atoms with van der Waals surface area (Å²) in [5.41, 5.74) is 8.13. The number of aromatic nitrogens is 2. The molecule has 9 nitrogen and oxygen atoms in total. The van der Waals surface area contributed by atoms with Crippen molar-refractivity contribution in [2.45, 2.75) is 25.8 Å². The highest BCUT2D eigenvalue weighted by atomic mass is 35.5. The number of nitrogens with one attached hydrogen (secondary N) is 2. The number of ether oxygens (including phenoxy) is 1. The van der Waals surface area contributed by atoms with E-state index >= 15 is 0 Å². The lowest BCUT2D eigenvalue weighted by atomic mass is 10.1. The summed E-state index contributed by atoms with van der Waals surface area (Å²) in [7, 11) is 0. The average Bonchev–Trinajstić information content (AvgIpc) is 3.10. The third-order valence-electron chi connectivity index (χ3n) is 4.06. The lowest BCUT2D eigenvalue weighted by Gasteiger charge is -2.18. The van der Waals surface area contributed by atoms with Crippen molar-refractivity contribution in [2.75, 3.05) is 11.9 Å². The third kappa shape index (κ3) is 4.63. The predicted molar refractivity (Wildman–Crippen MR) is 99.5 cm³/mol. The molecule has 1 aromatic heterocycles. The highest BCUT2D eigenvalue weighted by Crippen LogP contribution is 2.28. The highest BCUT2D eigenvalue weighted by Gasteiger charge is 2.19. The molecule has 0 radical (unpaired) electrons. The van der Waals surface area contributed by atoms with E-state index in [4.69, 9.17) is 15.6 Å². The van der Waals surface area contributed by atoms with Crippen LogP contribution in [-0.2, 0) is 24.2 Å². The van der Waals surface area contributed by atoms with E-state index in [1.165, 1.54) is 0 Å². The van der Waals surface area contributed by atoms with Gasteiger partial charge in [-0.05, 0) is 37.0 Å². The number of nitrogens with zero attached hydrogens (tertiary/aromatic N) is 1. The van der Waals surface area contributed by atoms with Crippen LogP contribution in [0, 0.1) is 0 Å². The van der Waals surface area contributed by atoms with Crippen molar-refractivity contribution in [3.05, 3.63) is 51.2 Å². The molecule has 4 rings (SSSR count). The molecule has 0 bridgehead atoms. The number of aromatic carboxylic acids is 1. The smallest absolute Gasteiger partial charge is 0.372 e. The van der Waals surface area contributed by atoms with Gasteiger partial charge in [0.2, 0.25) is 5.82 Å². The molecular formula is C17H19ClN4O5. The van der Waals surface area contributed by atoms with Gasteiger partial charge in [-0.1, -0.05) is 6.07 Å². The number of hydrogen-bond donors (Lipinski definition) is 4. The maximum Gasteiger partial charge on any atom is 0.372 e. The van der Waals surface area contributed by atoms with Crippen LogP contribution in [0.25, 0.3) is 0 Å². The molecule has 5 N–H and O–H groups in total. The number of H-pyrrole nitrogens is 1. The molecule has 0 fully saturated rings. The number of carbonyl (C=O) groups is 2. The van der Waals surface area contributed by atoms with Crippen molar-refractivity contribution >= 4 is 30.0 Å². The number of aryl methyl sites for hydroxylation is 1. The number of benzene rings is 1. The molecule has 0 spiro atoms. The normalized spacial score (nSPS) is 13.7. The van der Waals surface area contributed by atoms with E-state index in [1.54, 1.807) is 0 Å². The van der Waals surface area contributed by atoms with Gasteiger partial charge >= 0.3 is 5.97 Å². The molecule has 0 saturated heterocycles. The van der Waals surface area contributed by atoms with Gasteiger partial charge in [0.05, 0.1) is 11.4 Å². The molecule has 2 aliphatic rings. The summed E-state index contributed by atoms with van der Waals surface area (Å²) in [6, 6.07) is 5.53. The van der Waals surface area contributed by atoms with E-state index in [-0.39, 0.29) is 36.3 Å². The average molecular weight is 395 g/mol. The second-order valence-corrected chi connectivity index (χ2v) is 5.87. The number of aromatic amines is 1. The Morgan fingerprint density at radius 2 is 2.07 bits per heavy atom. The van der Waals surface area contributed by atoms with Crippen LogP contribution in [0.4, 0.5) is 5.69 Å². The fourth-order valence-electron chi connectivity index (χ4n) is 2.80. The zero-order valence-electron chi connectivity index (χ0n) is 14.3. The summed E-state index contributed by atoms with van der Waals surface area (Å²) in [4.78, 5) is 38.9. The number of hydrogen-bond acceptors (Lipinski definition) is 6. The van der Waals surface area contributed by atoms with Gasteiger partial charge in [-0.3, -0.25) is 9.59 Å². The molecule has 10 heteroatoms. The minimum atomic E-state index is -1.19. The molecule has 1 aliphatic carbocycles. The van der Waals surface area contributed by atoms with Gasteiger partial charge in [0, 0.05) is 12.1 Å². The van der Waals surface area contributed by atoms with Crippen LogP contribution in [0.3, 0.4) is 0 Å². The maximum atomic E-state index is 11.3. The molecule has 0 saturated carbocycles. The number of nitrogens with two attached hydrogens (primary N) is 1. The largest absolute Gasteiger partial charge is 0.482 e. The van der Waals surface area contributed by atoms with E-state index in [2.05, 4.69) is 15.3 Å². The number of halogens is 1. The Bertz CT molecular complexity index is 928. The van der Waals surface area contributed by atoms with Crippen LogP contribution in [0.1, 0.15) is 33.9 Å². The standard InChI is InChI=1S/C9H10N2O2.C8H8N2O3.ClH/c10-4-6-1-2-8-7(3-6)11-9(12)5-13-8;11-7-4-2-1-3-5(4)9-6(10-7)8(12)13;/h1-3H,4-5,10H2,(H,11,12);1-3H2,(H,12,13)(H,9,10,11);1H. The zero-order chi connectivity index (χ0) is 18.7. The van der Waals surface area contributed by atoms with Crippen LogP contribution in [0.15, 0.2) is 23.0 Å². The second kappa shape index (κ2) is 8.65. The molecule has 144 valence electrons. The zero-order valence-corrected chi connectivity index (χ0v) is 15.1. The van der Waals surface area contributed by atoms with Gasteiger partial charge in [-0.2, -0.15) is 0 Å². The summed E-state index contributed by atoms with van der Waals surface area (Å²) in [6.07, 6.45) is 2.30. The monoisotopic (exact) mass is 394 g/mol. The molecule has 27 heavy (non-hydrogen) atoms. The fourth-order valence-corrected chi connectivity index (χ4v) is 2.80. The van der Waals surface area contributed by atoms with Crippen molar-refractivity contribution in [3.63, 3.8) is 0 Å². The van der Waals surface area contributed by atoms with Crippen molar-refractivity contribution in [1.82, 2.24) is 9.97 Å². The summed E-state index contributed by atoms with van der Waals surface area (Å²) in [5.74, 6) is -0.865. The number of anilines is 1. The van der Waals surface area contributed by atoms with Gasteiger partial charge in [0.1, 0.15) is 5.75 Å². The molecule has 1 amide bonds. The predicted octanol–water partition coefficient (Wildman–Crippen LogP) is 0.855. The van der Waals surface area contributed by atoms with Gasteiger partial charge in [0.25, 0.3) is 11.5 Å². The Balaban J connectivity index is 0.000000187. The first-order chi connectivity index (χ1) is 12.5. The second-order valence-electron chi connectivity index (χ2n) is 5.87. The Morgan fingerprint density at radius 1 is 1.30 bits per heavy atom. The van der Waals surface area contributed by atoms with E-state index in [0.29, 0.717) is 42.1 Å². The molecule has 1 aromatic carbocycles. The SMILES string of the molecule is Cl.NCc1ccc2c(c1)NC(=O)CO2.O=C(O)c1nc2c(c(=O)[nH]1)CCC2. The lowest BCUT2D eigenvalue weighted by molar-refractivity contribution is -0.118. The number of carboxylic acid groups (broad SMARTS) is 1. The van der Waals surface area contributed by atoms with Crippen LogP contribution in [0.5, 0.6) is 5.75 Å². The third-order valence-corrected chi connectivity index (χ3v) is 4.06. The van der Waals surface area contributed by atoms with Gasteiger partial charge < -0.3 is 25.9 Å². The number of carbonyl (C=O) groups excluding carboxylic acids is 1. The molecule has 0 atom stereocenters. The number of fused-ring (bicyclic) bond motifs is 2. The van der Waals surface area contributed by atoms with Gasteiger partial charge in [-0.25, -0.2) is 9.78 Å². The highest BCUT2D eigenvalue weighted by molar-refractivity contribution is 5.95. The van der Waals surface area contributed by atoms with E-state index in [9.17, 15) is 14.4 Å². The summed E-state index contributed by atoms with van der Waals surface area (Å²) in [6.45, 7) is 0.554. The van der Waals surface area contributed by atoms with Crippen molar-refractivity contribution in [3.8, 4) is 5.75 Å². The maximum absolute atomic E-state index is 11.3. The first kappa shape index (κ1) is 20.4. The van der Waals surface area contributed by atoms with E-state index in [0.717, 1.165) is 12.0 Å². The van der Waals surface area contributed by atoms with Crippen LogP contribution in [0.2, 0.25) is 0 Å². The molecule has 1 aliphatic heterocycles. The minimum Gasteiger partial charge on any atom is -0.482 e. The number of carboxylic acids is 1. The van der Waals surface area contributed by atoms with Crippen LogP contribution in [-0.4, -0.2) is 33.6 Å². The summed E-state index contributed by atoms with van der Waals surface area (Å²) >= 11 is 0. The lowest BCUT2D eigenvalue weighted by Crippen LogP contribution is -2.25. The minimum absolute atomic E-state index is 0. The molecule has 2 heterocycles. The topological polar surface area (TPSA) is 147 Å². The Hall–Kier alpha value is -2.91. The Kier molecular flexibility index (Phi) is 6.54. The Morgan fingerprint density at radius 3 is 2.78 bits per heavy atom. The summed E-state index contributed by atoms with van der Waals surface area (Å²) < 4.78 is 5.18. The molecule has 0 unspecified atom stereocenters. The number of amides is 1. The quantitative estimate of drug-likeness (QED) is 0.590. The van der Waals surface area contributed by atoms with E-state index in [1.807, 2.05) is 18.2 Å². The fraction of sp³-hybridized carbons (Fsp3) is 0.294. The van der Waals surface area contributed by atoms with Crippen LogP contribution >= 0.6 is 12.4 Å². The van der Waals surface area contributed by atoms with Crippen molar-refractivity contribution in [1.29, 1.82) is 0 Å². The van der Waals surface area contributed by atoms with Crippen LogP contribution < -0.4 is 21.3 Å². The first-order valence-corrected chi connectivity index (χ1v) is 8.09. The molecule has 2 aromatic rings. The molecular weight excluding hydrogens is 376 g/mol. The van der Waals surface area contributed by atoms with Crippen molar-refractivity contribution in [2.24, 2.45) is 5.73 Å². The summed E-state index contributed by atoms with van der Waals surface area (Å²) in [5, 5.41) is 11.3. The van der Waals surface area contributed by atoms with Crippen molar-refractivity contribution < 1.29 is 19.4 Å². The van der Waals surface area contributed by atoms with E-state index < -0.39 is 5.97 Å².